The minimum absolute atomic E-state index is 0.0377. The molecule has 1 fully saturated rings. The summed E-state index contributed by atoms with van der Waals surface area (Å²) in [4.78, 5) is 12.0. The second kappa shape index (κ2) is 7.83. The normalized spacial score (nSPS) is 16.8. The van der Waals surface area contributed by atoms with Crippen LogP contribution in [-0.4, -0.2) is 25.3 Å². The van der Waals surface area contributed by atoms with Crippen LogP contribution in [0.15, 0.2) is 41.0 Å². The van der Waals surface area contributed by atoms with E-state index in [1.807, 2.05) is 0 Å². The molecular formula is C17H19FN2O4. The molecule has 2 amide bonds. The first-order chi connectivity index (χ1) is 11.7. The van der Waals surface area contributed by atoms with Gasteiger partial charge in [-0.05, 0) is 37.1 Å². The van der Waals surface area contributed by atoms with E-state index in [1.165, 1.54) is 24.5 Å². The quantitative estimate of drug-likeness (QED) is 0.850. The molecule has 0 bridgehead atoms. The summed E-state index contributed by atoms with van der Waals surface area (Å²) in [6.07, 6.45) is 3.51. The van der Waals surface area contributed by atoms with Crippen molar-refractivity contribution in [1.82, 2.24) is 5.32 Å². The Morgan fingerprint density at radius 1 is 1.38 bits per heavy atom. The number of anilines is 1. The number of benzene rings is 1. The Labute approximate surface area is 138 Å². The molecule has 2 aromatic rings. The fourth-order valence-corrected chi connectivity index (χ4v) is 2.43. The highest BCUT2D eigenvalue weighted by Gasteiger charge is 2.17. The summed E-state index contributed by atoms with van der Waals surface area (Å²) in [6.45, 7) is 1.34. The lowest BCUT2D eigenvalue weighted by Crippen LogP contribution is -2.28. The number of furan rings is 1. The highest BCUT2D eigenvalue weighted by Crippen LogP contribution is 2.26. The lowest BCUT2D eigenvalue weighted by molar-refractivity contribution is 0.0682. The first kappa shape index (κ1) is 16.3. The molecule has 0 aliphatic carbocycles. The number of carbonyl (C=O) groups is 1. The first-order valence-electron chi connectivity index (χ1n) is 7.82. The van der Waals surface area contributed by atoms with Gasteiger partial charge in [0.25, 0.3) is 0 Å². The largest absolute Gasteiger partial charge is 0.489 e. The minimum Gasteiger partial charge on any atom is -0.489 e. The Kier molecular flexibility index (Phi) is 5.32. The SMILES string of the molecule is O=C(NCc1ccco1)Nc1cc(F)ccc1OC[C@@H]1CCCO1. The highest BCUT2D eigenvalue weighted by molar-refractivity contribution is 5.90. The van der Waals surface area contributed by atoms with Gasteiger partial charge in [-0.1, -0.05) is 0 Å². The van der Waals surface area contributed by atoms with Crippen LogP contribution in [0.3, 0.4) is 0 Å². The van der Waals surface area contributed by atoms with Gasteiger partial charge in [0.1, 0.15) is 23.9 Å². The average Bonchev–Trinajstić information content (AvgIpc) is 3.26. The van der Waals surface area contributed by atoms with Crippen LogP contribution in [0.1, 0.15) is 18.6 Å². The van der Waals surface area contributed by atoms with E-state index >= 15 is 0 Å². The molecule has 1 aromatic carbocycles. The fraction of sp³-hybridized carbons (Fsp3) is 0.353. The van der Waals surface area contributed by atoms with Crippen molar-refractivity contribution in [1.29, 1.82) is 0 Å². The molecule has 1 saturated heterocycles. The molecule has 1 aromatic heterocycles. The number of rotatable bonds is 6. The Morgan fingerprint density at radius 2 is 2.29 bits per heavy atom. The second-order valence-electron chi connectivity index (χ2n) is 5.47. The van der Waals surface area contributed by atoms with E-state index < -0.39 is 11.8 Å². The predicted molar refractivity (Wildman–Crippen MR) is 85.4 cm³/mol. The van der Waals surface area contributed by atoms with E-state index in [4.69, 9.17) is 13.9 Å². The van der Waals surface area contributed by atoms with Gasteiger partial charge in [-0.2, -0.15) is 0 Å². The Morgan fingerprint density at radius 3 is 3.04 bits per heavy atom. The van der Waals surface area contributed by atoms with Gasteiger partial charge in [0.05, 0.1) is 24.6 Å². The zero-order valence-corrected chi connectivity index (χ0v) is 13.1. The third-order valence-electron chi connectivity index (χ3n) is 3.64. The number of nitrogens with one attached hydrogen (secondary N) is 2. The number of urea groups is 1. The number of amides is 2. The fourth-order valence-electron chi connectivity index (χ4n) is 2.43. The molecule has 0 spiro atoms. The molecule has 1 aliphatic rings. The van der Waals surface area contributed by atoms with Gasteiger partial charge >= 0.3 is 6.03 Å². The molecule has 128 valence electrons. The maximum Gasteiger partial charge on any atom is 0.319 e. The Bertz CT molecular complexity index is 669. The number of carbonyl (C=O) groups excluding carboxylic acids is 1. The van der Waals surface area contributed by atoms with Crippen LogP contribution < -0.4 is 15.4 Å². The Hall–Kier alpha value is -2.54. The molecule has 3 rings (SSSR count). The van der Waals surface area contributed by atoms with Gasteiger partial charge in [-0.25, -0.2) is 9.18 Å². The minimum atomic E-state index is -0.473. The molecule has 6 nitrogen and oxygen atoms in total. The predicted octanol–water partition coefficient (Wildman–Crippen LogP) is 3.30. The van der Waals surface area contributed by atoms with Gasteiger partial charge in [0.2, 0.25) is 0 Å². The molecule has 24 heavy (non-hydrogen) atoms. The molecule has 0 radical (unpaired) electrons. The van der Waals surface area contributed by atoms with Crippen LogP contribution >= 0.6 is 0 Å². The van der Waals surface area contributed by atoms with Crippen LogP contribution in [0, 0.1) is 5.82 Å². The number of hydrogen-bond donors (Lipinski definition) is 2. The molecule has 2 heterocycles. The monoisotopic (exact) mass is 334 g/mol. The molecule has 0 saturated carbocycles. The molecular weight excluding hydrogens is 315 g/mol. The van der Waals surface area contributed by atoms with E-state index in [9.17, 15) is 9.18 Å². The zero-order valence-electron chi connectivity index (χ0n) is 13.1. The maximum atomic E-state index is 13.5. The van der Waals surface area contributed by atoms with Crippen molar-refractivity contribution in [3.63, 3.8) is 0 Å². The summed E-state index contributed by atoms with van der Waals surface area (Å²) < 4.78 is 29.8. The van der Waals surface area contributed by atoms with Crippen molar-refractivity contribution < 1.29 is 23.1 Å². The molecule has 2 N–H and O–H groups in total. The van der Waals surface area contributed by atoms with Gasteiger partial charge in [0, 0.05) is 12.7 Å². The summed E-state index contributed by atoms with van der Waals surface area (Å²) >= 11 is 0. The summed E-state index contributed by atoms with van der Waals surface area (Å²) in [5, 5.41) is 5.22. The third-order valence-corrected chi connectivity index (χ3v) is 3.64. The van der Waals surface area contributed by atoms with E-state index in [0.29, 0.717) is 18.1 Å². The lowest BCUT2D eigenvalue weighted by Gasteiger charge is -2.15. The van der Waals surface area contributed by atoms with Gasteiger partial charge in [-0.3, -0.25) is 0 Å². The van der Waals surface area contributed by atoms with Gasteiger partial charge in [0.15, 0.2) is 0 Å². The summed E-state index contributed by atoms with van der Waals surface area (Å²) in [7, 11) is 0. The standard InChI is InChI=1S/C17H19FN2O4/c18-12-5-6-16(24-11-14-4-2-8-23-14)15(9-12)20-17(21)19-10-13-3-1-7-22-13/h1,3,5-7,9,14H,2,4,8,10-11H2,(H2,19,20,21)/t14-/m0/s1. The van der Waals surface area contributed by atoms with Crippen molar-refractivity contribution in [3.05, 3.63) is 48.2 Å². The van der Waals surface area contributed by atoms with Crippen LogP contribution in [0.2, 0.25) is 0 Å². The van der Waals surface area contributed by atoms with Crippen LogP contribution in [0.4, 0.5) is 14.9 Å². The van der Waals surface area contributed by atoms with Crippen molar-refractivity contribution in [3.8, 4) is 5.75 Å². The van der Waals surface area contributed by atoms with Crippen molar-refractivity contribution in [2.45, 2.75) is 25.5 Å². The van der Waals surface area contributed by atoms with Crippen LogP contribution in [0.5, 0.6) is 5.75 Å². The van der Waals surface area contributed by atoms with Crippen molar-refractivity contribution in [2.24, 2.45) is 0 Å². The first-order valence-corrected chi connectivity index (χ1v) is 7.82. The zero-order chi connectivity index (χ0) is 16.8. The van der Waals surface area contributed by atoms with Gasteiger partial charge in [-0.15, -0.1) is 0 Å². The average molecular weight is 334 g/mol. The maximum absolute atomic E-state index is 13.5. The topological polar surface area (TPSA) is 72.7 Å². The number of halogens is 1. The molecule has 0 unspecified atom stereocenters. The van der Waals surface area contributed by atoms with Crippen molar-refractivity contribution >= 4 is 11.7 Å². The van der Waals surface area contributed by atoms with E-state index in [-0.39, 0.29) is 18.3 Å². The molecule has 1 atom stereocenters. The summed E-state index contributed by atoms with van der Waals surface area (Å²) in [5.41, 5.74) is 0.268. The highest BCUT2D eigenvalue weighted by atomic mass is 19.1. The smallest absolute Gasteiger partial charge is 0.319 e. The van der Waals surface area contributed by atoms with Crippen LogP contribution in [-0.2, 0) is 11.3 Å². The molecule has 1 aliphatic heterocycles. The van der Waals surface area contributed by atoms with E-state index in [1.54, 1.807) is 12.1 Å². The third kappa shape index (κ3) is 4.48. The second-order valence-corrected chi connectivity index (χ2v) is 5.47. The summed E-state index contributed by atoms with van der Waals surface area (Å²) in [6, 6.07) is 7.01. The molecule has 7 heteroatoms. The van der Waals surface area contributed by atoms with Crippen LogP contribution in [0.25, 0.3) is 0 Å². The van der Waals surface area contributed by atoms with E-state index in [0.717, 1.165) is 19.4 Å². The van der Waals surface area contributed by atoms with E-state index in [2.05, 4.69) is 10.6 Å². The summed E-state index contributed by atoms with van der Waals surface area (Å²) in [5.74, 6) is 0.570. The van der Waals surface area contributed by atoms with Crippen molar-refractivity contribution in [2.75, 3.05) is 18.5 Å². The lowest BCUT2D eigenvalue weighted by atomic mass is 10.2. The number of hydrogen-bond acceptors (Lipinski definition) is 4. The number of ether oxygens (including phenoxy) is 2. The van der Waals surface area contributed by atoms with Gasteiger partial charge < -0.3 is 24.5 Å². The Balaban J connectivity index is 1.58.